The molecule has 1 atom stereocenters. The number of rotatable bonds is 7. The van der Waals surface area contributed by atoms with Gasteiger partial charge in [0.05, 0.1) is 12.3 Å². The molecule has 2 aliphatic heterocycles. The average Bonchev–Trinajstić information content (AvgIpc) is 3.68. The molecule has 1 fully saturated rings. The molecule has 1 aromatic carbocycles. The van der Waals surface area contributed by atoms with Gasteiger partial charge in [0, 0.05) is 56.2 Å². The van der Waals surface area contributed by atoms with Crippen LogP contribution in [0.15, 0.2) is 64.6 Å². The number of halogens is 1. The number of aryl methyl sites for hydroxylation is 1. The molecule has 0 saturated carbocycles. The molecule has 1 saturated heterocycles. The number of aliphatic hydroxyl groups is 1. The number of aromatic nitrogens is 2. The number of nitrogens with one attached hydrogen (secondary N) is 1. The minimum atomic E-state index is -0.544. The third-order valence-electron chi connectivity index (χ3n) is 9.67. The smallest absolute Gasteiger partial charge is 0.274 e. The zero-order valence-electron chi connectivity index (χ0n) is 27.4. The Morgan fingerprint density at radius 1 is 1.13 bits per heavy atom. The van der Waals surface area contributed by atoms with E-state index in [4.69, 9.17) is 0 Å². The predicted molar refractivity (Wildman–Crippen MR) is 181 cm³/mol. The van der Waals surface area contributed by atoms with Crippen LogP contribution in [0.4, 0.5) is 15.8 Å². The topological polar surface area (TPSA) is 95.1 Å². The first-order valence-electron chi connectivity index (χ1n) is 15.9. The van der Waals surface area contributed by atoms with Gasteiger partial charge in [-0.2, -0.15) is 0 Å². The van der Waals surface area contributed by atoms with Crippen molar-refractivity contribution in [1.29, 1.82) is 0 Å². The molecule has 3 aromatic rings. The van der Waals surface area contributed by atoms with Gasteiger partial charge >= 0.3 is 0 Å². The number of hydrogen-bond donors (Lipinski definition) is 2. The number of hydrogen-bond acceptors (Lipinski definition) is 5. The van der Waals surface area contributed by atoms with E-state index in [0.717, 1.165) is 37.8 Å². The summed E-state index contributed by atoms with van der Waals surface area (Å²) in [5, 5.41) is 13.8. The summed E-state index contributed by atoms with van der Waals surface area (Å²) in [5.74, 6) is -0.290. The standard InChI is InChI=1S/C36H43FN6O3/c1-22(29-8-7-11-40(29)5)9-10-33(38-4)39-28-14-24(20-41(6)34(28)45)26-16-25(37)17-30(27(26)21-44)43-13-12-42-31(35(43)46)15-23-18-36(2,3)19-32(23)42/h9-10,14-17,20,29,44H,1,7-8,11-13,18-19,21H2,2-6H3,(H,38,39)/b10-9-/t29-/m1/s1. The van der Waals surface area contributed by atoms with Gasteiger partial charge in [0.25, 0.3) is 11.5 Å². The zero-order chi connectivity index (χ0) is 32.9. The van der Waals surface area contributed by atoms with Crippen molar-refractivity contribution in [3.8, 4) is 11.1 Å². The molecular weight excluding hydrogens is 583 g/mol. The number of fused-ring (bicyclic) bond motifs is 3. The normalized spacial score (nSPS) is 19.6. The average molecular weight is 627 g/mol. The van der Waals surface area contributed by atoms with Crippen LogP contribution in [0.25, 0.3) is 11.1 Å². The minimum absolute atomic E-state index is 0.166. The molecule has 0 unspecified atom stereocenters. The maximum Gasteiger partial charge on any atom is 0.274 e. The van der Waals surface area contributed by atoms with Gasteiger partial charge in [0.15, 0.2) is 0 Å². The Balaban J connectivity index is 1.32. The van der Waals surface area contributed by atoms with Crippen LogP contribution in [0.3, 0.4) is 0 Å². The number of carbonyl (C=O) groups excluding carboxylic acids is 1. The number of nitrogens with zero attached hydrogens (tertiary/aromatic N) is 5. The number of anilines is 2. The van der Waals surface area contributed by atoms with Crippen molar-refractivity contribution in [2.45, 2.75) is 58.7 Å². The van der Waals surface area contributed by atoms with Gasteiger partial charge in [0.1, 0.15) is 23.0 Å². The van der Waals surface area contributed by atoms with E-state index < -0.39 is 12.4 Å². The first-order valence-corrected chi connectivity index (χ1v) is 15.9. The van der Waals surface area contributed by atoms with E-state index in [1.54, 1.807) is 37.3 Å². The molecule has 0 bridgehead atoms. The monoisotopic (exact) mass is 626 g/mol. The van der Waals surface area contributed by atoms with E-state index in [1.165, 1.54) is 28.0 Å². The Morgan fingerprint density at radius 3 is 2.61 bits per heavy atom. The summed E-state index contributed by atoms with van der Waals surface area (Å²) in [6.07, 6.45) is 9.33. The van der Waals surface area contributed by atoms with Gasteiger partial charge in [-0.25, -0.2) is 4.39 Å². The van der Waals surface area contributed by atoms with Crippen LogP contribution in [-0.4, -0.2) is 64.1 Å². The second-order valence-electron chi connectivity index (χ2n) is 13.6. The van der Waals surface area contributed by atoms with Crippen LogP contribution in [0, 0.1) is 11.2 Å². The fraction of sp³-hybridized carbons (Fsp3) is 0.417. The molecule has 2 N–H and O–H groups in total. The first-order chi connectivity index (χ1) is 21.9. The Bertz CT molecular complexity index is 1850. The highest BCUT2D eigenvalue weighted by Gasteiger charge is 2.37. The summed E-state index contributed by atoms with van der Waals surface area (Å²) in [6, 6.07) is 6.53. The van der Waals surface area contributed by atoms with Crippen LogP contribution >= 0.6 is 0 Å². The second-order valence-corrected chi connectivity index (χ2v) is 13.6. The summed E-state index contributed by atoms with van der Waals surface area (Å²) in [6.45, 7) is 10.3. The highest BCUT2D eigenvalue weighted by molar-refractivity contribution is 6.07. The number of aliphatic imine (C=N–C) groups is 1. The van der Waals surface area contributed by atoms with Crippen LogP contribution < -0.4 is 15.8 Å². The lowest BCUT2D eigenvalue weighted by atomic mass is 9.90. The molecular formula is C36H43FN6O3. The molecule has 0 spiro atoms. The van der Waals surface area contributed by atoms with Crippen molar-refractivity contribution < 1.29 is 14.3 Å². The van der Waals surface area contributed by atoms with Crippen molar-refractivity contribution in [3.63, 3.8) is 0 Å². The number of likely N-dealkylation sites (N-methyl/N-ethyl adjacent to an activating group) is 1. The Hall–Kier alpha value is -4.28. The molecule has 2 aromatic heterocycles. The zero-order valence-corrected chi connectivity index (χ0v) is 27.4. The molecule has 46 heavy (non-hydrogen) atoms. The summed E-state index contributed by atoms with van der Waals surface area (Å²) >= 11 is 0. The number of carbonyl (C=O) groups is 1. The third-order valence-corrected chi connectivity index (χ3v) is 9.67. The molecule has 4 heterocycles. The van der Waals surface area contributed by atoms with Crippen LogP contribution in [0.2, 0.25) is 0 Å². The van der Waals surface area contributed by atoms with Gasteiger partial charge < -0.3 is 24.5 Å². The number of amides is 1. The van der Waals surface area contributed by atoms with Gasteiger partial charge in [-0.1, -0.05) is 26.5 Å². The van der Waals surface area contributed by atoms with Gasteiger partial charge in [0.2, 0.25) is 0 Å². The Kier molecular flexibility index (Phi) is 8.37. The van der Waals surface area contributed by atoms with Gasteiger partial charge in [-0.05, 0) is 91.7 Å². The summed E-state index contributed by atoms with van der Waals surface area (Å²) < 4.78 is 18.9. The fourth-order valence-corrected chi connectivity index (χ4v) is 7.36. The lowest BCUT2D eigenvalue weighted by Crippen LogP contribution is -2.41. The van der Waals surface area contributed by atoms with Crippen LogP contribution in [0.5, 0.6) is 0 Å². The van der Waals surface area contributed by atoms with Crippen molar-refractivity contribution in [2.75, 3.05) is 37.4 Å². The molecule has 0 radical (unpaired) electrons. The summed E-state index contributed by atoms with van der Waals surface area (Å²) in [7, 11) is 5.34. The van der Waals surface area contributed by atoms with E-state index >= 15 is 4.39 Å². The van der Waals surface area contributed by atoms with E-state index in [1.807, 2.05) is 12.1 Å². The number of amidine groups is 1. The van der Waals surface area contributed by atoms with E-state index in [2.05, 4.69) is 47.3 Å². The Labute approximate surface area is 269 Å². The third kappa shape index (κ3) is 5.76. The molecule has 1 aliphatic carbocycles. The molecule has 9 nitrogen and oxygen atoms in total. The lowest BCUT2D eigenvalue weighted by molar-refractivity contribution is 0.0963. The molecule has 10 heteroatoms. The fourth-order valence-electron chi connectivity index (χ4n) is 7.36. The van der Waals surface area contributed by atoms with Crippen molar-refractivity contribution in [2.24, 2.45) is 17.5 Å². The van der Waals surface area contributed by atoms with Crippen molar-refractivity contribution in [3.05, 3.63) is 93.5 Å². The highest BCUT2D eigenvalue weighted by Crippen LogP contribution is 2.41. The predicted octanol–water partition coefficient (Wildman–Crippen LogP) is 4.92. The quantitative estimate of drug-likeness (QED) is 0.221. The Morgan fingerprint density at radius 2 is 1.91 bits per heavy atom. The minimum Gasteiger partial charge on any atom is -0.392 e. The molecule has 242 valence electrons. The number of benzene rings is 1. The largest absolute Gasteiger partial charge is 0.392 e. The van der Waals surface area contributed by atoms with Gasteiger partial charge in [-0.3, -0.25) is 19.5 Å². The van der Waals surface area contributed by atoms with Crippen LogP contribution in [-0.2, 0) is 33.0 Å². The van der Waals surface area contributed by atoms with Crippen LogP contribution in [0.1, 0.15) is 54.0 Å². The second kappa shape index (κ2) is 12.1. The van der Waals surface area contributed by atoms with E-state index in [0.29, 0.717) is 47.0 Å². The van der Waals surface area contributed by atoms with E-state index in [-0.39, 0.29) is 28.6 Å². The molecule has 1 amide bonds. The van der Waals surface area contributed by atoms with Gasteiger partial charge in [-0.15, -0.1) is 0 Å². The number of aliphatic hydroxyl groups excluding tert-OH is 1. The maximum atomic E-state index is 15.4. The molecule has 3 aliphatic rings. The lowest BCUT2D eigenvalue weighted by Gasteiger charge is -2.32. The first kappa shape index (κ1) is 31.7. The molecule has 6 rings (SSSR count). The number of likely N-dealkylation sites (tertiary alicyclic amines) is 1. The number of pyridine rings is 1. The van der Waals surface area contributed by atoms with Crippen molar-refractivity contribution in [1.82, 2.24) is 14.0 Å². The SMILES string of the molecule is C=C(/C=C\C(=NC)Nc1cc(-c2cc(F)cc(N3CCn4c(cc5c4CC(C)(C)C5)C3=O)c2CO)cn(C)c1=O)[C@H]1CCCN1C. The van der Waals surface area contributed by atoms with Crippen molar-refractivity contribution >= 4 is 23.1 Å². The van der Waals surface area contributed by atoms with E-state index in [9.17, 15) is 14.7 Å². The summed E-state index contributed by atoms with van der Waals surface area (Å²) in [4.78, 5) is 35.2. The summed E-state index contributed by atoms with van der Waals surface area (Å²) in [5.41, 5.74) is 5.74. The highest BCUT2D eigenvalue weighted by atomic mass is 19.1. The maximum absolute atomic E-state index is 15.4.